The molecule has 0 aliphatic heterocycles. The maximum absolute atomic E-state index is 11.1. The van der Waals surface area contributed by atoms with Crippen LogP contribution in [0.4, 0.5) is 0 Å². The molecule has 3 nitrogen and oxygen atoms in total. The molecule has 12 heavy (non-hydrogen) atoms. The monoisotopic (exact) mass is 192 g/mol. The largest absolute Gasteiger partial charge is 0.481 e. The molecule has 0 rings (SSSR count). The predicted octanol–water partition coefficient (Wildman–Crippen LogP) is 1.69. The van der Waals surface area contributed by atoms with Crippen LogP contribution in [0.5, 0.6) is 0 Å². The van der Waals surface area contributed by atoms with Crippen molar-refractivity contribution < 1.29 is 14.7 Å². The number of Topliss-reactive ketones (excluding diaryl/α,β-unsaturated/α-hetero) is 1. The van der Waals surface area contributed by atoms with Gasteiger partial charge in [0.1, 0.15) is 11.7 Å². The van der Waals surface area contributed by atoms with Crippen molar-refractivity contribution in [3.05, 3.63) is 0 Å². The quantitative estimate of drug-likeness (QED) is 0.515. The zero-order valence-electron chi connectivity index (χ0n) is 7.05. The molecule has 70 valence electrons. The summed E-state index contributed by atoms with van der Waals surface area (Å²) in [6.45, 7) is 1.69. The van der Waals surface area contributed by atoms with Crippen LogP contribution in [0.3, 0.4) is 0 Å². The maximum atomic E-state index is 11.1. The third-order valence-corrected chi connectivity index (χ3v) is 1.92. The summed E-state index contributed by atoms with van der Waals surface area (Å²) >= 11 is 5.37. The molecule has 0 aliphatic rings. The molecular weight excluding hydrogens is 180 g/mol. The summed E-state index contributed by atoms with van der Waals surface area (Å²) in [7, 11) is 0. The van der Waals surface area contributed by atoms with E-state index in [4.69, 9.17) is 16.7 Å². The van der Waals surface area contributed by atoms with E-state index in [9.17, 15) is 9.59 Å². The topological polar surface area (TPSA) is 54.4 Å². The molecule has 0 amide bonds. The van der Waals surface area contributed by atoms with Gasteiger partial charge in [0.2, 0.25) is 0 Å². The zero-order valence-corrected chi connectivity index (χ0v) is 7.80. The molecule has 0 aromatic heterocycles. The molecule has 0 heterocycles. The van der Waals surface area contributed by atoms with Crippen LogP contribution in [-0.2, 0) is 9.59 Å². The Morgan fingerprint density at radius 2 is 2.08 bits per heavy atom. The van der Waals surface area contributed by atoms with Gasteiger partial charge in [0.05, 0.1) is 0 Å². The Bertz CT molecular complexity index is 168. The van der Waals surface area contributed by atoms with Crippen LogP contribution < -0.4 is 0 Å². The van der Waals surface area contributed by atoms with E-state index >= 15 is 0 Å². The van der Waals surface area contributed by atoms with E-state index in [1.54, 1.807) is 6.92 Å². The highest BCUT2D eigenvalue weighted by atomic mass is 35.5. The number of carbonyl (C=O) groups is 2. The third kappa shape index (κ3) is 3.72. The molecule has 4 heteroatoms. The van der Waals surface area contributed by atoms with E-state index in [1.807, 2.05) is 0 Å². The average molecular weight is 193 g/mol. The number of halogens is 1. The second-order valence-electron chi connectivity index (χ2n) is 2.56. The summed E-state index contributed by atoms with van der Waals surface area (Å²) in [6.07, 6.45) is 1.19. The van der Waals surface area contributed by atoms with Crippen molar-refractivity contribution >= 4 is 23.4 Å². The number of ketones is 1. The minimum absolute atomic E-state index is 0.217. The summed E-state index contributed by atoms with van der Waals surface area (Å²) in [6, 6.07) is 0. The molecule has 1 unspecified atom stereocenters. The Kier molecular flexibility index (Phi) is 5.72. The Balaban J connectivity index is 3.95. The number of alkyl halides is 1. The van der Waals surface area contributed by atoms with Crippen molar-refractivity contribution in [2.24, 2.45) is 5.92 Å². The number of aliphatic carboxylic acids is 1. The summed E-state index contributed by atoms with van der Waals surface area (Å²) in [4.78, 5) is 21.6. The van der Waals surface area contributed by atoms with Crippen molar-refractivity contribution in [1.29, 1.82) is 0 Å². The first-order chi connectivity index (χ1) is 5.63. The molecule has 0 spiro atoms. The van der Waals surface area contributed by atoms with Crippen molar-refractivity contribution in [3.63, 3.8) is 0 Å². The van der Waals surface area contributed by atoms with Crippen LogP contribution in [0.25, 0.3) is 0 Å². The second kappa shape index (κ2) is 6.00. The Labute approximate surface area is 76.7 Å². The zero-order chi connectivity index (χ0) is 9.56. The Hall–Kier alpha value is -0.570. The van der Waals surface area contributed by atoms with Crippen LogP contribution in [0.1, 0.15) is 26.2 Å². The fraction of sp³-hybridized carbons (Fsp3) is 0.750. The second-order valence-corrected chi connectivity index (χ2v) is 2.94. The van der Waals surface area contributed by atoms with E-state index in [2.05, 4.69) is 0 Å². The average Bonchev–Trinajstić information content (AvgIpc) is 2.01. The SMILES string of the molecule is CCC(C(=O)O)C(=O)CCCCl. The molecule has 0 aromatic rings. The molecule has 0 aliphatic carbocycles. The number of rotatable bonds is 6. The van der Waals surface area contributed by atoms with E-state index in [0.717, 1.165) is 0 Å². The summed E-state index contributed by atoms with van der Waals surface area (Å²) in [5.74, 6) is -1.68. The molecule has 0 radical (unpaired) electrons. The lowest BCUT2D eigenvalue weighted by molar-refractivity contribution is -0.146. The third-order valence-electron chi connectivity index (χ3n) is 1.65. The van der Waals surface area contributed by atoms with Crippen molar-refractivity contribution in [2.45, 2.75) is 26.2 Å². The highest BCUT2D eigenvalue weighted by Gasteiger charge is 2.22. The Morgan fingerprint density at radius 1 is 1.50 bits per heavy atom. The normalized spacial score (nSPS) is 12.5. The number of carboxylic acids is 1. The van der Waals surface area contributed by atoms with Gasteiger partial charge in [0.15, 0.2) is 0 Å². The van der Waals surface area contributed by atoms with Gasteiger partial charge in [-0.1, -0.05) is 6.92 Å². The summed E-state index contributed by atoms with van der Waals surface area (Å²) in [5, 5.41) is 8.59. The van der Waals surface area contributed by atoms with E-state index in [0.29, 0.717) is 18.7 Å². The lowest BCUT2D eigenvalue weighted by atomic mass is 9.98. The van der Waals surface area contributed by atoms with Crippen molar-refractivity contribution in [1.82, 2.24) is 0 Å². The van der Waals surface area contributed by atoms with Gasteiger partial charge in [-0.05, 0) is 12.8 Å². The van der Waals surface area contributed by atoms with Gasteiger partial charge < -0.3 is 5.11 Å². The van der Waals surface area contributed by atoms with E-state index in [1.165, 1.54) is 0 Å². The fourth-order valence-corrected chi connectivity index (χ4v) is 1.09. The van der Waals surface area contributed by atoms with Gasteiger partial charge in [-0.3, -0.25) is 9.59 Å². The number of hydrogen-bond acceptors (Lipinski definition) is 2. The molecule has 1 atom stereocenters. The molecule has 0 saturated heterocycles. The van der Waals surface area contributed by atoms with Crippen LogP contribution in [0, 0.1) is 5.92 Å². The van der Waals surface area contributed by atoms with Crippen molar-refractivity contribution in [2.75, 3.05) is 5.88 Å². The number of carboxylic acid groups (broad SMARTS) is 1. The minimum Gasteiger partial charge on any atom is -0.481 e. The Morgan fingerprint density at radius 3 is 2.42 bits per heavy atom. The fourth-order valence-electron chi connectivity index (χ4n) is 0.955. The van der Waals surface area contributed by atoms with Gasteiger partial charge >= 0.3 is 5.97 Å². The van der Waals surface area contributed by atoms with Gasteiger partial charge in [-0.25, -0.2) is 0 Å². The predicted molar refractivity (Wildman–Crippen MR) is 46.4 cm³/mol. The summed E-state index contributed by atoms with van der Waals surface area (Å²) in [5.41, 5.74) is 0. The standard InChI is InChI=1S/C8H13ClO3/c1-2-6(8(11)12)7(10)4-3-5-9/h6H,2-5H2,1H3,(H,11,12). The first-order valence-electron chi connectivity index (χ1n) is 3.95. The number of hydrogen-bond donors (Lipinski definition) is 1. The minimum atomic E-state index is -1.03. The molecule has 0 fully saturated rings. The lowest BCUT2D eigenvalue weighted by Crippen LogP contribution is -2.22. The smallest absolute Gasteiger partial charge is 0.314 e. The highest BCUT2D eigenvalue weighted by molar-refractivity contribution is 6.18. The highest BCUT2D eigenvalue weighted by Crippen LogP contribution is 2.08. The molecular formula is C8H13ClO3. The van der Waals surface area contributed by atoms with Crippen molar-refractivity contribution in [3.8, 4) is 0 Å². The summed E-state index contributed by atoms with van der Waals surface area (Å²) < 4.78 is 0. The molecule has 0 saturated carbocycles. The number of carbonyl (C=O) groups excluding carboxylic acids is 1. The van der Waals surface area contributed by atoms with Crippen LogP contribution >= 0.6 is 11.6 Å². The van der Waals surface area contributed by atoms with Gasteiger partial charge in [0.25, 0.3) is 0 Å². The van der Waals surface area contributed by atoms with Crippen LogP contribution in [-0.4, -0.2) is 22.7 Å². The first kappa shape index (κ1) is 11.4. The van der Waals surface area contributed by atoms with Gasteiger partial charge in [-0.15, -0.1) is 11.6 Å². The molecule has 1 N–H and O–H groups in total. The van der Waals surface area contributed by atoms with E-state index in [-0.39, 0.29) is 12.2 Å². The molecule has 0 aromatic carbocycles. The van der Waals surface area contributed by atoms with Gasteiger partial charge in [0, 0.05) is 12.3 Å². The maximum Gasteiger partial charge on any atom is 0.314 e. The lowest BCUT2D eigenvalue weighted by Gasteiger charge is -2.06. The van der Waals surface area contributed by atoms with E-state index < -0.39 is 11.9 Å². The van der Waals surface area contributed by atoms with Gasteiger partial charge in [-0.2, -0.15) is 0 Å². The van der Waals surface area contributed by atoms with Crippen LogP contribution in [0.15, 0.2) is 0 Å². The first-order valence-corrected chi connectivity index (χ1v) is 4.48. The molecule has 0 bridgehead atoms. The van der Waals surface area contributed by atoms with Crippen LogP contribution in [0.2, 0.25) is 0 Å².